The van der Waals surface area contributed by atoms with E-state index in [2.05, 4.69) is 24.5 Å². The third-order valence-electron chi connectivity index (χ3n) is 3.58. The number of amides is 1. The maximum Gasteiger partial charge on any atom is 0.227 e. The number of hydrogen-bond acceptors (Lipinski definition) is 3. The Bertz CT molecular complexity index is 246. The molecule has 4 heteroatoms. The Kier molecular flexibility index (Phi) is 5.40. The summed E-state index contributed by atoms with van der Waals surface area (Å²) in [7, 11) is 0. The highest BCUT2D eigenvalue weighted by molar-refractivity contribution is 5.83. The average Bonchev–Trinajstić information content (AvgIpc) is 2.74. The highest BCUT2D eigenvalue weighted by atomic mass is 16.5. The van der Waals surface area contributed by atoms with Gasteiger partial charge in [0.15, 0.2) is 0 Å². The minimum Gasteiger partial charge on any atom is -0.377 e. The van der Waals surface area contributed by atoms with Gasteiger partial charge in [0.2, 0.25) is 5.91 Å². The normalized spacial score (nSPS) is 24.6. The monoisotopic (exact) mass is 242 g/mol. The van der Waals surface area contributed by atoms with Crippen molar-refractivity contribution in [2.24, 2.45) is 11.3 Å². The van der Waals surface area contributed by atoms with Crippen LogP contribution in [-0.4, -0.2) is 38.3 Å². The fourth-order valence-corrected chi connectivity index (χ4v) is 2.30. The van der Waals surface area contributed by atoms with Crippen molar-refractivity contribution in [3.8, 4) is 0 Å². The lowest BCUT2D eigenvalue weighted by Crippen LogP contribution is -2.46. The largest absolute Gasteiger partial charge is 0.377 e. The molecule has 0 radical (unpaired) electrons. The van der Waals surface area contributed by atoms with Crippen molar-refractivity contribution in [3.05, 3.63) is 0 Å². The van der Waals surface area contributed by atoms with Gasteiger partial charge >= 0.3 is 0 Å². The molecule has 0 spiro atoms. The van der Waals surface area contributed by atoms with E-state index in [1.54, 1.807) is 0 Å². The number of rotatable bonds is 6. The van der Waals surface area contributed by atoms with Gasteiger partial charge < -0.3 is 15.4 Å². The van der Waals surface area contributed by atoms with Gasteiger partial charge in [0.05, 0.1) is 18.1 Å². The van der Waals surface area contributed by atoms with Crippen LogP contribution in [0.1, 0.15) is 34.1 Å². The summed E-state index contributed by atoms with van der Waals surface area (Å²) in [5.74, 6) is 0.536. The molecule has 1 unspecified atom stereocenters. The molecule has 2 N–H and O–H groups in total. The van der Waals surface area contributed by atoms with Crippen molar-refractivity contribution >= 4 is 5.91 Å². The fraction of sp³-hybridized carbons (Fsp3) is 0.923. The molecule has 0 aromatic rings. The Morgan fingerprint density at radius 2 is 2.12 bits per heavy atom. The second-order valence-electron chi connectivity index (χ2n) is 5.41. The number of carbonyl (C=O) groups excluding carboxylic acids is 1. The van der Waals surface area contributed by atoms with E-state index in [4.69, 9.17) is 4.74 Å². The molecule has 1 aliphatic heterocycles. The quantitative estimate of drug-likeness (QED) is 0.687. The smallest absolute Gasteiger partial charge is 0.227 e. The van der Waals surface area contributed by atoms with Gasteiger partial charge in [-0.3, -0.25) is 4.79 Å². The van der Waals surface area contributed by atoms with Gasteiger partial charge in [-0.2, -0.15) is 0 Å². The first-order valence-corrected chi connectivity index (χ1v) is 6.59. The summed E-state index contributed by atoms with van der Waals surface area (Å²) in [6.07, 6.45) is 1.15. The predicted octanol–water partition coefficient (Wildman–Crippen LogP) is 1.16. The fourth-order valence-electron chi connectivity index (χ4n) is 2.30. The third kappa shape index (κ3) is 3.68. The topological polar surface area (TPSA) is 50.4 Å². The van der Waals surface area contributed by atoms with Gasteiger partial charge in [-0.05, 0) is 32.7 Å². The van der Waals surface area contributed by atoms with Gasteiger partial charge in [-0.25, -0.2) is 0 Å². The molecule has 1 rings (SSSR count). The minimum absolute atomic E-state index is 0.171. The Morgan fingerprint density at radius 3 is 2.59 bits per heavy atom. The van der Waals surface area contributed by atoms with Crippen LogP contribution in [0.3, 0.4) is 0 Å². The molecular formula is C13H26N2O2. The van der Waals surface area contributed by atoms with E-state index in [0.717, 1.165) is 19.5 Å². The van der Waals surface area contributed by atoms with Gasteiger partial charge in [-0.1, -0.05) is 13.8 Å². The lowest BCUT2D eigenvalue weighted by atomic mass is 9.75. The summed E-state index contributed by atoms with van der Waals surface area (Å²) in [5.41, 5.74) is -0.224. The van der Waals surface area contributed by atoms with E-state index in [1.807, 2.05) is 13.8 Å². The van der Waals surface area contributed by atoms with Crippen LogP contribution in [0, 0.1) is 11.3 Å². The summed E-state index contributed by atoms with van der Waals surface area (Å²) < 4.78 is 5.42. The highest BCUT2D eigenvalue weighted by Gasteiger charge is 2.43. The van der Waals surface area contributed by atoms with Crippen LogP contribution in [0.5, 0.6) is 0 Å². The van der Waals surface area contributed by atoms with Crippen LogP contribution < -0.4 is 10.6 Å². The zero-order valence-corrected chi connectivity index (χ0v) is 11.5. The minimum atomic E-state index is -0.224. The molecule has 0 saturated carbocycles. The van der Waals surface area contributed by atoms with Crippen molar-refractivity contribution in [2.75, 3.05) is 26.2 Å². The van der Waals surface area contributed by atoms with E-state index in [9.17, 15) is 4.79 Å². The first kappa shape index (κ1) is 14.5. The zero-order valence-electron chi connectivity index (χ0n) is 11.5. The molecule has 0 bridgehead atoms. The van der Waals surface area contributed by atoms with E-state index < -0.39 is 0 Å². The second-order valence-corrected chi connectivity index (χ2v) is 5.41. The van der Waals surface area contributed by atoms with E-state index in [-0.39, 0.29) is 17.4 Å². The van der Waals surface area contributed by atoms with Crippen LogP contribution in [0.15, 0.2) is 0 Å². The van der Waals surface area contributed by atoms with Gasteiger partial charge in [0.25, 0.3) is 0 Å². The summed E-state index contributed by atoms with van der Waals surface area (Å²) in [6.45, 7) is 11.2. The molecule has 1 saturated heterocycles. The van der Waals surface area contributed by atoms with Gasteiger partial charge in [0.1, 0.15) is 0 Å². The number of ether oxygens (including phenoxy) is 1. The molecule has 0 aromatic carbocycles. The van der Waals surface area contributed by atoms with Crippen molar-refractivity contribution in [1.82, 2.24) is 10.6 Å². The molecular weight excluding hydrogens is 216 g/mol. The molecule has 1 amide bonds. The number of nitrogens with one attached hydrogen (secondary N) is 2. The lowest BCUT2D eigenvalue weighted by Gasteiger charge is -2.31. The molecule has 1 atom stereocenters. The van der Waals surface area contributed by atoms with Crippen LogP contribution in [0.25, 0.3) is 0 Å². The average molecular weight is 242 g/mol. The first-order chi connectivity index (χ1) is 7.99. The second kappa shape index (κ2) is 6.36. The maximum atomic E-state index is 12.2. The van der Waals surface area contributed by atoms with Crippen LogP contribution >= 0.6 is 0 Å². The Hall–Kier alpha value is -0.610. The standard InChI is InChI=1S/C13H26N2O2/c1-10(2)13(5-6-14-9-13)12(16)15-7-8-17-11(3)4/h10-11,14H,5-9H2,1-4H3,(H,15,16). The van der Waals surface area contributed by atoms with Gasteiger partial charge in [-0.15, -0.1) is 0 Å². The van der Waals surface area contributed by atoms with Crippen LogP contribution in [-0.2, 0) is 9.53 Å². The van der Waals surface area contributed by atoms with Crippen molar-refractivity contribution in [3.63, 3.8) is 0 Å². The van der Waals surface area contributed by atoms with E-state index >= 15 is 0 Å². The SMILES string of the molecule is CC(C)OCCNC(=O)C1(C(C)C)CCNC1. The molecule has 17 heavy (non-hydrogen) atoms. The number of carbonyl (C=O) groups is 1. The van der Waals surface area contributed by atoms with Crippen molar-refractivity contribution < 1.29 is 9.53 Å². The molecule has 0 aliphatic carbocycles. The highest BCUT2D eigenvalue weighted by Crippen LogP contribution is 2.34. The van der Waals surface area contributed by atoms with Crippen molar-refractivity contribution in [2.45, 2.75) is 40.2 Å². The Morgan fingerprint density at radius 1 is 1.41 bits per heavy atom. The summed E-state index contributed by atoms with van der Waals surface area (Å²) >= 11 is 0. The molecule has 100 valence electrons. The lowest BCUT2D eigenvalue weighted by molar-refractivity contribution is -0.132. The maximum absolute atomic E-state index is 12.2. The third-order valence-corrected chi connectivity index (χ3v) is 3.58. The van der Waals surface area contributed by atoms with Gasteiger partial charge in [0, 0.05) is 13.1 Å². The van der Waals surface area contributed by atoms with E-state index in [1.165, 1.54) is 0 Å². The summed E-state index contributed by atoms with van der Waals surface area (Å²) in [5, 5.41) is 6.29. The summed E-state index contributed by atoms with van der Waals surface area (Å²) in [4.78, 5) is 12.2. The predicted molar refractivity (Wildman–Crippen MR) is 68.9 cm³/mol. The van der Waals surface area contributed by atoms with Crippen molar-refractivity contribution in [1.29, 1.82) is 0 Å². The molecule has 1 fully saturated rings. The van der Waals surface area contributed by atoms with E-state index in [0.29, 0.717) is 19.1 Å². The zero-order chi connectivity index (χ0) is 12.9. The number of hydrogen-bond donors (Lipinski definition) is 2. The Balaban J connectivity index is 2.39. The van der Waals surface area contributed by atoms with Crippen LogP contribution in [0.4, 0.5) is 0 Å². The molecule has 0 aromatic heterocycles. The van der Waals surface area contributed by atoms with Crippen LogP contribution in [0.2, 0.25) is 0 Å². The Labute approximate surface area is 104 Å². The first-order valence-electron chi connectivity index (χ1n) is 6.59. The summed E-state index contributed by atoms with van der Waals surface area (Å²) in [6, 6.07) is 0. The molecule has 1 heterocycles. The molecule has 4 nitrogen and oxygen atoms in total. The molecule has 1 aliphatic rings.